The number of carboxylic acids is 1. The van der Waals surface area contributed by atoms with Gasteiger partial charge in [0, 0.05) is 6.54 Å². The number of alkyl carbamates (subject to hydrolysis) is 2. The van der Waals surface area contributed by atoms with Gasteiger partial charge in [-0.3, -0.25) is 0 Å². The number of unbranched alkanes of at least 4 members (excludes halogenated alkanes) is 1. The van der Waals surface area contributed by atoms with Gasteiger partial charge in [0.25, 0.3) is 0 Å². The maximum atomic E-state index is 11.9. The fourth-order valence-corrected chi connectivity index (χ4v) is 4.25. The van der Waals surface area contributed by atoms with Crippen LogP contribution in [0.4, 0.5) is 9.59 Å². The molecule has 0 aliphatic heterocycles. The van der Waals surface area contributed by atoms with Gasteiger partial charge in [0.05, 0.1) is 13.2 Å². The van der Waals surface area contributed by atoms with Crippen LogP contribution in [0.2, 0.25) is 0 Å². The van der Waals surface area contributed by atoms with Crippen LogP contribution in [0.25, 0.3) is 0 Å². The van der Waals surface area contributed by atoms with Crippen molar-refractivity contribution in [2.45, 2.75) is 89.5 Å². The summed E-state index contributed by atoms with van der Waals surface area (Å²) in [6.45, 7) is 1.24. The van der Waals surface area contributed by atoms with E-state index in [9.17, 15) is 19.5 Å². The molecule has 0 spiro atoms. The van der Waals surface area contributed by atoms with E-state index in [-0.39, 0.29) is 6.42 Å². The van der Waals surface area contributed by atoms with E-state index in [1.54, 1.807) is 0 Å². The number of carbonyl (C=O) groups excluding carboxylic acids is 2. The average Bonchev–Trinajstić information content (AvgIpc) is 2.76. The highest BCUT2D eigenvalue weighted by molar-refractivity contribution is 5.79. The van der Waals surface area contributed by atoms with Crippen molar-refractivity contribution in [3.8, 4) is 0 Å². The number of ether oxygens (including phenoxy) is 2. The van der Waals surface area contributed by atoms with Crippen molar-refractivity contribution in [2.75, 3.05) is 19.8 Å². The molecular weight excluding hydrogens is 388 g/mol. The van der Waals surface area contributed by atoms with E-state index >= 15 is 0 Å². The van der Waals surface area contributed by atoms with Crippen molar-refractivity contribution < 1.29 is 29.0 Å². The third-order valence-electron chi connectivity index (χ3n) is 6.13. The van der Waals surface area contributed by atoms with Gasteiger partial charge in [-0.2, -0.15) is 0 Å². The molecule has 3 N–H and O–H groups in total. The van der Waals surface area contributed by atoms with Crippen LogP contribution in [0.5, 0.6) is 0 Å². The third kappa shape index (κ3) is 10.2. The largest absolute Gasteiger partial charge is 0.480 e. The molecule has 0 saturated heterocycles. The molecule has 8 nitrogen and oxygen atoms in total. The Kier molecular flexibility index (Phi) is 11.4. The molecular formula is C22H38N2O6. The van der Waals surface area contributed by atoms with Gasteiger partial charge in [0.2, 0.25) is 0 Å². The Morgan fingerprint density at radius 2 is 1.33 bits per heavy atom. The Labute approximate surface area is 179 Å². The highest BCUT2D eigenvalue weighted by Gasteiger charge is 2.22. The predicted octanol–water partition coefficient (Wildman–Crippen LogP) is 4.22. The minimum Gasteiger partial charge on any atom is -0.480 e. The fraction of sp³-hybridized carbons (Fsp3) is 0.864. The van der Waals surface area contributed by atoms with Gasteiger partial charge in [0.1, 0.15) is 6.04 Å². The molecule has 8 heteroatoms. The number of hydrogen-bond acceptors (Lipinski definition) is 5. The SMILES string of the molecule is O=C(NCCCCC(NC(=O)OCC1CCCCC1)C(=O)O)OCC1CCCCC1. The van der Waals surface area contributed by atoms with Gasteiger partial charge < -0.3 is 25.2 Å². The van der Waals surface area contributed by atoms with E-state index in [0.717, 1.165) is 38.5 Å². The second-order valence-corrected chi connectivity index (χ2v) is 8.66. The molecule has 2 amide bonds. The molecule has 30 heavy (non-hydrogen) atoms. The summed E-state index contributed by atoms with van der Waals surface area (Å²) in [5, 5.41) is 14.5. The maximum absolute atomic E-state index is 11.9. The van der Waals surface area contributed by atoms with E-state index in [0.29, 0.717) is 44.4 Å². The Bertz CT molecular complexity index is 530. The number of nitrogens with one attached hydrogen (secondary N) is 2. The van der Waals surface area contributed by atoms with Crippen molar-refractivity contribution in [2.24, 2.45) is 11.8 Å². The summed E-state index contributed by atoms with van der Waals surface area (Å²) in [5.41, 5.74) is 0. The molecule has 172 valence electrons. The second kappa shape index (κ2) is 14.1. The van der Waals surface area contributed by atoms with Crippen LogP contribution in [-0.4, -0.2) is 49.1 Å². The van der Waals surface area contributed by atoms with Crippen molar-refractivity contribution in [1.29, 1.82) is 0 Å². The molecule has 0 bridgehead atoms. The lowest BCUT2D eigenvalue weighted by Gasteiger charge is -2.22. The van der Waals surface area contributed by atoms with E-state index in [1.807, 2.05) is 0 Å². The molecule has 0 aromatic heterocycles. The van der Waals surface area contributed by atoms with Gasteiger partial charge in [-0.1, -0.05) is 38.5 Å². The monoisotopic (exact) mass is 426 g/mol. The molecule has 1 unspecified atom stereocenters. The molecule has 1 atom stereocenters. The molecule has 2 aliphatic rings. The van der Waals surface area contributed by atoms with Crippen molar-refractivity contribution in [3.05, 3.63) is 0 Å². The topological polar surface area (TPSA) is 114 Å². The van der Waals surface area contributed by atoms with Gasteiger partial charge in [-0.05, 0) is 56.8 Å². The Morgan fingerprint density at radius 3 is 1.87 bits per heavy atom. The van der Waals surface area contributed by atoms with Crippen LogP contribution in [0.3, 0.4) is 0 Å². The third-order valence-corrected chi connectivity index (χ3v) is 6.13. The van der Waals surface area contributed by atoms with Crippen LogP contribution in [0, 0.1) is 11.8 Å². The Morgan fingerprint density at radius 1 is 0.800 bits per heavy atom. The maximum Gasteiger partial charge on any atom is 0.407 e. The average molecular weight is 427 g/mol. The van der Waals surface area contributed by atoms with Crippen molar-refractivity contribution in [3.63, 3.8) is 0 Å². The van der Waals surface area contributed by atoms with Gasteiger partial charge >= 0.3 is 18.2 Å². The van der Waals surface area contributed by atoms with Crippen molar-refractivity contribution >= 4 is 18.2 Å². The molecule has 2 fully saturated rings. The second-order valence-electron chi connectivity index (χ2n) is 8.66. The molecule has 2 rings (SSSR count). The highest BCUT2D eigenvalue weighted by atomic mass is 16.6. The Balaban J connectivity index is 1.52. The first-order valence-electron chi connectivity index (χ1n) is 11.6. The number of hydrogen-bond donors (Lipinski definition) is 3. The first kappa shape index (κ1) is 24.3. The van der Waals surface area contributed by atoms with Crippen LogP contribution in [0.1, 0.15) is 83.5 Å². The summed E-state index contributed by atoms with van der Waals surface area (Å²) >= 11 is 0. The van der Waals surface area contributed by atoms with Crippen LogP contribution in [-0.2, 0) is 14.3 Å². The standard InChI is InChI=1S/C22H38N2O6/c25-20(26)19(24-22(28)30-16-18-11-5-2-6-12-18)13-7-8-14-23-21(27)29-15-17-9-3-1-4-10-17/h17-19H,1-16H2,(H,23,27)(H,24,28)(H,25,26). The number of carbonyl (C=O) groups is 3. The number of rotatable bonds is 11. The van der Waals surface area contributed by atoms with Crippen molar-refractivity contribution in [1.82, 2.24) is 10.6 Å². The number of amides is 2. The fourth-order valence-electron chi connectivity index (χ4n) is 4.25. The lowest BCUT2D eigenvalue weighted by atomic mass is 9.90. The summed E-state index contributed by atoms with van der Waals surface area (Å²) in [6, 6.07) is -0.984. The smallest absolute Gasteiger partial charge is 0.407 e. The highest BCUT2D eigenvalue weighted by Crippen LogP contribution is 2.24. The zero-order chi connectivity index (χ0) is 21.6. The van der Waals surface area contributed by atoms with E-state index in [4.69, 9.17) is 9.47 Å². The quantitative estimate of drug-likeness (QED) is 0.426. The summed E-state index contributed by atoms with van der Waals surface area (Å²) in [6.07, 6.45) is 12.0. The van der Waals surface area contributed by atoms with E-state index in [1.165, 1.54) is 25.7 Å². The zero-order valence-electron chi connectivity index (χ0n) is 18.0. The minimum atomic E-state index is -1.08. The summed E-state index contributed by atoms with van der Waals surface area (Å²) in [4.78, 5) is 35.0. The molecule has 2 saturated carbocycles. The molecule has 0 heterocycles. The molecule has 2 aliphatic carbocycles. The predicted molar refractivity (Wildman–Crippen MR) is 112 cm³/mol. The summed E-state index contributed by atoms with van der Waals surface area (Å²) in [5.74, 6) is -0.217. The number of aliphatic carboxylic acids is 1. The van der Waals surface area contributed by atoms with Crippen LogP contribution >= 0.6 is 0 Å². The normalized spacial score (nSPS) is 18.9. The lowest BCUT2D eigenvalue weighted by molar-refractivity contribution is -0.139. The number of carboxylic acid groups (broad SMARTS) is 1. The van der Waals surface area contributed by atoms with E-state index in [2.05, 4.69) is 10.6 Å². The Hall–Kier alpha value is -1.99. The molecule has 0 aromatic carbocycles. The zero-order valence-corrected chi connectivity index (χ0v) is 18.0. The van der Waals surface area contributed by atoms with Crippen LogP contribution in [0.15, 0.2) is 0 Å². The van der Waals surface area contributed by atoms with Gasteiger partial charge in [-0.15, -0.1) is 0 Å². The van der Waals surface area contributed by atoms with Gasteiger partial charge in [-0.25, -0.2) is 14.4 Å². The lowest BCUT2D eigenvalue weighted by Crippen LogP contribution is -2.41. The summed E-state index contributed by atoms with van der Waals surface area (Å²) < 4.78 is 10.5. The summed E-state index contributed by atoms with van der Waals surface area (Å²) in [7, 11) is 0. The van der Waals surface area contributed by atoms with Crippen LogP contribution < -0.4 is 10.6 Å². The first-order chi connectivity index (χ1) is 14.5. The van der Waals surface area contributed by atoms with Gasteiger partial charge in [0.15, 0.2) is 0 Å². The molecule has 0 radical (unpaired) electrons. The minimum absolute atomic E-state index is 0.284. The van der Waals surface area contributed by atoms with E-state index < -0.39 is 24.2 Å². The molecule has 0 aromatic rings. The first-order valence-corrected chi connectivity index (χ1v) is 11.6.